The maximum Gasteiger partial charge on any atom is 0.303 e. The van der Waals surface area contributed by atoms with E-state index in [-0.39, 0.29) is 6.61 Å². The Labute approximate surface area is 144 Å². The monoisotopic (exact) mass is 349 g/mol. The number of ether oxygens (including phenoxy) is 5. The van der Waals surface area contributed by atoms with Crippen molar-refractivity contribution in [3.63, 3.8) is 0 Å². The van der Waals surface area contributed by atoms with Gasteiger partial charge in [-0.25, -0.2) is 0 Å². The van der Waals surface area contributed by atoms with Crippen LogP contribution in [0.3, 0.4) is 0 Å². The van der Waals surface area contributed by atoms with Crippen molar-refractivity contribution in [1.29, 1.82) is 0 Å². The van der Waals surface area contributed by atoms with Crippen molar-refractivity contribution in [1.82, 2.24) is 0 Å². The van der Waals surface area contributed by atoms with Gasteiger partial charge in [0.05, 0.1) is 6.61 Å². The normalized spacial score (nSPS) is 34.5. The summed E-state index contributed by atoms with van der Waals surface area (Å²) in [5, 5.41) is 3.69. The molecule has 0 aromatic heterocycles. The van der Waals surface area contributed by atoms with Crippen LogP contribution in [-0.4, -0.2) is 50.3 Å². The quantitative estimate of drug-likeness (QED) is 0.356. The van der Waals surface area contributed by atoms with Crippen molar-refractivity contribution in [2.45, 2.75) is 43.9 Å². The van der Waals surface area contributed by atoms with Gasteiger partial charge in [0.15, 0.2) is 12.6 Å². The highest BCUT2D eigenvalue weighted by atomic mass is 16.7. The first-order valence-corrected chi connectivity index (χ1v) is 7.85. The molecule has 0 saturated carbocycles. The van der Waals surface area contributed by atoms with E-state index in [1.807, 2.05) is 30.3 Å². The van der Waals surface area contributed by atoms with Crippen molar-refractivity contribution in [2.24, 2.45) is 5.11 Å². The molecule has 0 bridgehead atoms. The van der Waals surface area contributed by atoms with Crippen LogP contribution >= 0.6 is 0 Å². The first-order chi connectivity index (χ1) is 12.1. The van der Waals surface area contributed by atoms with Crippen LogP contribution in [0.4, 0.5) is 0 Å². The summed E-state index contributed by atoms with van der Waals surface area (Å²) in [7, 11) is 1.42. The summed E-state index contributed by atoms with van der Waals surface area (Å²) in [6.45, 7) is 1.51. The summed E-state index contributed by atoms with van der Waals surface area (Å²) in [4.78, 5) is 14.4. The second-order valence-electron chi connectivity index (χ2n) is 5.72. The molecule has 9 nitrogen and oxygen atoms in total. The molecule has 2 saturated heterocycles. The summed E-state index contributed by atoms with van der Waals surface area (Å²) < 4.78 is 28.1. The Balaban J connectivity index is 1.87. The van der Waals surface area contributed by atoms with Gasteiger partial charge in [0, 0.05) is 24.5 Å². The summed E-state index contributed by atoms with van der Waals surface area (Å²) in [6, 6.07) is 8.52. The highest BCUT2D eigenvalue weighted by molar-refractivity contribution is 5.66. The van der Waals surface area contributed by atoms with Crippen molar-refractivity contribution < 1.29 is 28.5 Å². The van der Waals surface area contributed by atoms with Crippen LogP contribution in [-0.2, 0) is 28.5 Å². The van der Waals surface area contributed by atoms with Crippen molar-refractivity contribution in [2.75, 3.05) is 13.7 Å². The minimum absolute atomic E-state index is 0.227. The summed E-state index contributed by atoms with van der Waals surface area (Å²) in [5.41, 5.74) is 9.68. The number of carbonyl (C=O) groups is 1. The molecule has 2 heterocycles. The Morgan fingerprint density at radius 2 is 2.08 bits per heavy atom. The second kappa shape index (κ2) is 7.81. The number of hydrogen-bond acceptors (Lipinski definition) is 7. The summed E-state index contributed by atoms with van der Waals surface area (Å²) in [6.07, 6.45) is -3.49. The fourth-order valence-electron chi connectivity index (χ4n) is 3.04. The van der Waals surface area contributed by atoms with Gasteiger partial charge in [-0.05, 0) is 5.53 Å². The smallest absolute Gasteiger partial charge is 0.303 e. The summed E-state index contributed by atoms with van der Waals surface area (Å²) >= 11 is 0. The molecule has 2 fully saturated rings. The zero-order valence-corrected chi connectivity index (χ0v) is 13.8. The minimum atomic E-state index is -0.866. The van der Waals surface area contributed by atoms with E-state index in [1.54, 1.807) is 0 Å². The van der Waals surface area contributed by atoms with E-state index in [9.17, 15) is 4.79 Å². The van der Waals surface area contributed by atoms with Gasteiger partial charge in [-0.3, -0.25) is 4.79 Å². The standard InChI is InChI=1S/C16H19N3O6/c1-9(20)23-14-12(18-19-17)16(21-2)24-11-8-22-15(25-13(11)14)10-6-4-3-5-7-10/h3-7,11-16H,8H2,1-2H3/t11-,12+,13-,14-,15?,16-/m1/s1. The highest BCUT2D eigenvalue weighted by Gasteiger charge is 2.51. The third kappa shape index (κ3) is 3.76. The molecule has 0 amide bonds. The molecule has 134 valence electrons. The fraction of sp³-hybridized carbons (Fsp3) is 0.562. The molecule has 3 rings (SSSR count). The second-order valence-corrected chi connectivity index (χ2v) is 5.72. The molecular weight excluding hydrogens is 330 g/mol. The largest absolute Gasteiger partial charge is 0.459 e. The Morgan fingerprint density at radius 1 is 1.32 bits per heavy atom. The number of azide groups is 1. The molecule has 0 spiro atoms. The molecule has 1 aromatic rings. The van der Waals surface area contributed by atoms with Gasteiger partial charge in [0.2, 0.25) is 0 Å². The van der Waals surface area contributed by atoms with E-state index < -0.39 is 42.9 Å². The van der Waals surface area contributed by atoms with E-state index in [0.29, 0.717) is 0 Å². The molecule has 0 N–H and O–H groups in total. The zero-order chi connectivity index (χ0) is 17.8. The topological polar surface area (TPSA) is 112 Å². The first kappa shape index (κ1) is 17.7. The van der Waals surface area contributed by atoms with Crippen molar-refractivity contribution in [3.8, 4) is 0 Å². The molecule has 2 aliphatic heterocycles. The number of fused-ring (bicyclic) bond motifs is 1. The Hall–Kier alpha value is -2.16. The van der Waals surface area contributed by atoms with Crippen LogP contribution in [0.1, 0.15) is 18.8 Å². The zero-order valence-electron chi connectivity index (χ0n) is 13.8. The van der Waals surface area contributed by atoms with Crippen molar-refractivity contribution >= 4 is 5.97 Å². The Bertz CT molecular complexity index is 651. The average Bonchev–Trinajstić information content (AvgIpc) is 2.63. The van der Waals surface area contributed by atoms with Crippen molar-refractivity contribution in [3.05, 3.63) is 46.3 Å². The van der Waals surface area contributed by atoms with Crippen LogP contribution in [0.5, 0.6) is 0 Å². The van der Waals surface area contributed by atoms with E-state index in [0.717, 1.165) is 5.56 Å². The molecule has 0 aliphatic carbocycles. The average molecular weight is 349 g/mol. The lowest BCUT2D eigenvalue weighted by Crippen LogP contribution is -2.62. The lowest BCUT2D eigenvalue weighted by molar-refractivity contribution is -0.339. The Morgan fingerprint density at radius 3 is 2.72 bits per heavy atom. The molecule has 1 unspecified atom stereocenters. The van der Waals surface area contributed by atoms with Gasteiger partial charge in [0.1, 0.15) is 24.4 Å². The van der Waals surface area contributed by atoms with Crippen LogP contribution in [0.15, 0.2) is 35.4 Å². The lowest BCUT2D eigenvalue weighted by atomic mass is 9.96. The van der Waals surface area contributed by atoms with Gasteiger partial charge in [-0.15, -0.1) is 0 Å². The SMILES string of the molecule is CO[C@@H]1O[C@@H]2COC(c3ccccc3)O[C@H]2[C@H](OC(C)=O)[C@@H]1N=[N+]=[N-]. The van der Waals surface area contributed by atoms with E-state index in [4.69, 9.17) is 29.2 Å². The van der Waals surface area contributed by atoms with Crippen LogP contribution in [0.2, 0.25) is 0 Å². The molecule has 0 radical (unpaired) electrons. The maximum absolute atomic E-state index is 11.6. The van der Waals surface area contributed by atoms with Gasteiger partial charge < -0.3 is 23.7 Å². The molecule has 2 aliphatic rings. The molecule has 25 heavy (non-hydrogen) atoms. The molecule has 6 atom stereocenters. The van der Waals surface area contributed by atoms with Gasteiger partial charge >= 0.3 is 5.97 Å². The maximum atomic E-state index is 11.6. The number of esters is 1. The summed E-state index contributed by atoms with van der Waals surface area (Å²) in [5.74, 6) is -0.509. The predicted molar refractivity (Wildman–Crippen MR) is 84.2 cm³/mol. The minimum Gasteiger partial charge on any atom is -0.459 e. The van der Waals surface area contributed by atoms with E-state index in [2.05, 4.69) is 10.0 Å². The third-order valence-corrected chi connectivity index (χ3v) is 4.10. The highest BCUT2D eigenvalue weighted by Crippen LogP contribution is 2.36. The van der Waals surface area contributed by atoms with Gasteiger partial charge in [0.25, 0.3) is 0 Å². The Kier molecular flexibility index (Phi) is 5.52. The number of nitrogens with zero attached hydrogens (tertiary/aromatic N) is 3. The van der Waals surface area contributed by atoms with Gasteiger partial charge in [-0.1, -0.05) is 35.4 Å². The number of carbonyl (C=O) groups excluding carboxylic acids is 1. The first-order valence-electron chi connectivity index (χ1n) is 7.85. The van der Waals surface area contributed by atoms with Crippen LogP contribution < -0.4 is 0 Å². The predicted octanol–water partition coefficient (Wildman–Crippen LogP) is 2.08. The van der Waals surface area contributed by atoms with Crippen LogP contribution in [0.25, 0.3) is 10.4 Å². The van der Waals surface area contributed by atoms with E-state index in [1.165, 1.54) is 14.0 Å². The fourth-order valence-corrected chi connectivity index (χ4v) is 3.04. The number of hydrogen-bond donors (Lipinski definition) is 0. The van der Waals surface area contributed by atoms with Gasteiger partial charge in [-0.2, -0.15) is 0 Å². The molecule has 9 heteroatoms. The van der Waals surface area contributed by atoms with Crippen LogP contribution in [0, 0.1) is 0 Å². The molecule has 1 aromatic carbocycles. The third-order valence-electron chi connectivity index (χ3n) is 4.10. The molecular formula is C16H19N3O6. The number of methoxy groups -OCH3 is 1. The lowest BCUT2D eigenvalue weighted by Gasteiger charge is -2.47. The number of benzene rings is 1. The number of rotatable bonds is 4. The van der Waals surface area contributed by atoms with E-state index >= 15 is 0 Å².